The van der Waals surface area contributed by atoms with E-state index in [-0.39, 0.29) is 35.4 Å². The van der Waals surface area contributed by atoms with Crippen LogP contribution in [0.1, 0.15) is 62.0 Å². The number of ether oxygens (including phenoxy) is 2. The van der Waals surface area contributed by atoms with Crippen LogP contribution in [-0.4, -0.2) is 87.9 Å². The molecule has 0 aliphatic carbocycles. The average molecular weight is 630 g/mol. The summed E-state index contributed by atoms with van der Waals surface area (Å²) in [6.07, 6.45) is 5.93. The van der Waals surface area contributed by atoms with Gasteiger partial charge in [-0.1, -0.05) is 30.3 Å². The quantitative estimate of drug-likeness (QED) is 0.218. The lowest BCUT2D eigenvalue weighted by molar-refractivity contribution is -0.191. The number of morpholine rings is 1. The van der Waals surface area contributed by atoms with Crippen molar-refractivity contribution in [2.24, 2.45) is 4.99 Å². The molecule has 44 heavy (non-hydrogen) atoms. The maximum Gasteiger partial charge on any atom is 0.255 e. The number of hydrogen-bond acceptors (Lipinski definition) is 8. The molecular formula is C32H39ClFN4O6-. The van der Waals surface area contributed by atoms with Gasteiger partial charge >= 0.3 is 0 Å². The normalized spacial score (nSPS) is 23.4. The van der Waals surface area contributed by atoms with Gasteiger partial charge in [-0.05, 0) is 82.9 Å². The molecule has 2 saturated heterocycles. The van der Waals surface area contributed by atoms with Gasteiger partial charge in [-0.25, -0.2) is 4.39 Å². The molecular weight excluding hydrogens is 591 g/mol. The number of allylic oxidation sites excluding steroid dienone is 5. The zero-order valence-electron chi connectivity index (χ0n) is 25.6. The summed E-state index contributed by atoms with van der Waals surface area (Å²) < 4.78 is 25.2. The molecule has 2 amide bonds. The molecule has 1 aromatic rings. The van der Waals surface area contributed by atoms with Crippen LogP contribution in [0, 0.1) is 12.1 Å². The molecule has 4 rings (SSSR count). The lowest BCUT2D eigenvalue weighted by atomic mass is 9.93. The zero-order chi connectivity index (χ0) is 32.3. The van der Waals surface area contributed by atoms with E-state index in [0.717, 1.165) is 0 Å². The fourth-order valence-corrected chi connectivity index (χ4v) is 5.86. The summed E-state index contributed by atoms with van der Waals surface area (Å²) in [4.78, 5) is 35.1. The Hall–Kier alpha value is -3.35. The molecule has 2 fully saturated rings. The van der Waals surface area contributed by atoms with E-state index in [9.17, 15) is 19.2 Å². The Morgan fingerprint density at radius 2 is 2.05 bits per heavy atom. The van der Waals surface area contributed by atoms with Gasteiger partial charge in [-0.15, -0.1) is 0 Å². The summed E-state index contributed by atoms with van der Waals surface area (Å²) in [6.45, 7) is 12.9. The Morgan fingerprint density at radius 1 is 1.36 bits per heavy atom. The SMILES string of the molecule is C=C(/C(=C\C=C(/C)F)O[C@H](C)CN([O-])O)c1ccc(C(=O)N2CCC(N3C(=O)C(C)(C)OC4N=CC(Cl)=CC43)CC2)c(C)c1. The highest BCUT2D eigenvalue weighted by Gasteiger charge is 2.50. The number of nitrogens with zero attached hydrogens (tertiary/aromatic N) is 4. The monoisotopic (exact) mass is 629 g/mol. The van der Waals surface area contributed by atoms with E-state index in [1.165, 1.54) is 19.1 Å². The zero-order valence-corrected chi connectivity index (χ0v) is 26.4. The first kappa shape index (κ1) is 33.5. The third-order valence-corrected chi connectivity index (χ3v) is 8.13. The Kier molecular flexibility index (Phi) is 10.5. The molecule has 238 valence electrons. The van der Waals surface area contributed by atoms with E-state index in [0.29, 0.717) is 53.2 Å². The Labute approximate surface area is 262 Å². The van der Waals surface area contributed by atoms with Crippen molar-refractivity contribution in [2.45, 2.75) is 77.5 Å². The number of piperidine rings is 1. The van der Waals surface area contributed by atoms with Gasteiger partial charge in [-0.3, -0.25) is 19.8 Å². The predicted molar refractivity (Wildman–Crippen MR) is 167 cm³/mol. The molecule has 3 atom stereocenters. The number of aryl methyl sites for hydroxylation is 1. The number of carbonyl (C=O) groups is 2. The van der Waals surface area contributed by atoms with Crippen LogP contribution in [0.25, 0.3) is 5.57 Å². The number of benzene rings is 1. The number of aliphatic imine (C=N–C) groups is 1. The summed E-state index contributed by atoms with van der Waals surface area (Å²) in [6, 6.07) is 4.76. The minimum absolute atomic E-state index is 0.0998. The van der Waals surface area contributed by atoms with Gasteiger partial charge in [0, 0.05) is 43.0 Å². The highest BCUT2D eigenvalue weighted by molar-refractivity contribution is 6.39. The first-order valence-corrected chi connectivity index (χ1v) is 14.9. The highest BCUT2D eigenvalue weighted by Crippen LogP contribution is 2.35. The number of rotatable bonds is 9. The molecule has 1 N–H and O–H groups in total. The van der Waals surface area contributed by atoms with Crippen LogP contribution in [-0.2, 0) is 14.3 Å². The molecule has 0 saturated carbocycles. The second kappa shape index (κ2) is 13.7. The highest BCUT2D eigenvalue weighted by atomic mass is 35.5. The van der Waals surface area contributed by atoms with E-state index in [1.54, 1.807) is 56.2 Å². The molecule has 3 heterocycles. The summed E-state index contributed by atoms with van der Waals surface area (Å²) in [5.74, 6) is -0.475. The molecule has 0 radical (unpaired) electrons. The van der Waals surface area contributed by atoms with Gasteiger partial charge in [0.2, 0.25) is 0 Å². The Bertz CT molecular complexity index is 1410. The van der Waals surface area contributed by atoms with Gasteiger partial charge in [0.25, 0.3) is 11.8 Å². The van der Waals surface area contributed by atoms with Crippen molar-refractivity contribution in [3.05, 3.63) is 81.5 Å². The number of carbonyl (C=O) groups excluding carboxylic acids is 2. The number of likely N-dealkylation sites (tertiary alicyclic amines) is 1. The van der Waals surface area contributed by atoms with Gasteiger partial charge in [0.05, 0.1) is 16.9 Å². The first-order valence-electron chi connectivity index (χ1n) is 14.5. The average Bonchev–Trinajstić information content (AvgIpc) is 2.95. The fourth-order valence-electron chi connectivity index (χ4n) is 5.67. The minimum Gasteiger partial charge on any atom is -0.762 e. The standard InChI is InChI=1S/C32H39ClFN4O6/c1-19-15-23(22(4)28(10-7-20(2)34)43-21(3)18-37(41)42)8-9-26(19)30(39)36-13-11-25(12-14-36)38-27-16-24(33)17-35-29(27)44-32(5,6)31(38)40/h7-10,15-17,21,25,27,29,41H,4,11-14,18H2,1-3,5-6H3/q-1/b20-7+,28-10+/t21-,27?,29?/m1/s1. The van der Waals surface area contributed by atoms with Gasteiger partial charge in [0.1, 0.15) is 17.5 Å². The largest absolute Gasteiger partial charge is 0.762 e. The van der Waals surface area contributed by atoms with E-state index >= 15 is 0 Å². The second-order valence-electron chi connectivity index (χ2n) is 11.8. The molecule has 0 aromatic heterocycles. The van der Waals surface area contributed by atoms with E-state index < -0.39 is 29.8 Å². The summed E-state index contributed by atoms with van der Waals surface area (Å²) in [7, 11) is 0. The van der Waals surface area contributed by atoms with Crippen LogP contribution in [0.3, 0.4) is 0 Å². The van der Waals surface area contributed by atoms with E-state index in [1.807, 2.05) is 11.8 Å². The maximum absolute atomic E-state index is 13.6. The third-order valence-electron chi connectivity index (χ3n) is 7.91. The van der Waals surface area contributed by atoms with Crippen molar-refractivity contribution >= 4 is 35.2 Å². The molecule has 10 nitrogen and oxygen atoms in total. The Morgan fingerprint density at radius 3 is 2.66 bits per heavy atom. The molecule has 12 heteroatoms. The number of fused-ring (bicyclic) bond motifs is 1. The first-order chi connectivity index (χ1) is 20.7. The van der Waals surface area contributed by atoms with Crippen LogP contribution < -0.4 is 0 Å². The van der Waals surface area contributed by atoms with Crippen LogP contribution in [0.5, 0.6) is 0 Å². The van der Waals surface area contributed by atoms with Crippen molar-refractivity contribution in [1.29, 1.82) is 0 Å². The summed E-state index contributed by atoms with van der Waals surface area (Å²) in [5.41, 5.74) is 1.29. The van der Waals surface area contributed by atoms with E-state index in [4.69, 9.17) is 26.3 Å². The van der Waals surface area contributed by atoms with Crippen molar-refractivity contribution < 1.29 is 28.7 Å². The number of amides is 2. The molecule has 0 bridgehead atoms. The van der Waals surface area contributed by atoms with Crippen molar-refractivity contribution in [1.82, 2.24) is 15.0 Å². The maximum atomic E-state index is 13.6. The Balaban J connectivity index is 1.46. The molecule has 0 spiro atoms. The summed E-state index contributed by atoms with van der Waals surface area (Å²) in [5, 5.41) is 20.3. The van der Waals surface area contributed by atoms with Gasteiger partial charge in [-0.2, -0.15) is 0 Å². The number of hydrogen-bond donors (Lipinski definition) is 1. The lowest BCUT2D eigenvalue weighted by Gasteiger charge is -2.50. The lowest BCUT2D eigenvalue weighted by Crippen LogP contribution is -2.65. The summed E-state index contributed by atoms with van der Waals surface area (Å²) >= 11 is 6.23. The number of dihydropyridines is 1. The van der Waals surface area contributed by atoms with Crippen LogP contribution in [0.4, 0.5) is 4.39 Å². The number of halogens is 2. The van der Waals surface area contributed by atoms with Gasteiger partial charge in [0.15, 0.2) is 6.23 Å². The molecule has 3 aliphatic rings. The van der Waals surface area contributed by atoms with Crippen molar-refractivity contribution in [3.8, 4) is 0 Å². The van der Waals surface area contributed by atoms with Crippen LogP contribution in [0.15, 0.2) is 64.6 Å². The molecule has 1 aromatic carbocycles. The minimum atomic E-state index is -1.03. The van der Waals surface area contributed by atoms with Crippen molar-refractivity contribution in [2.75, 3.05) is 19.6 Å². The molecule has 3 aliphatic heterocycles. The fraction of sp³-hybridized carbons (Fsp3) is 0.469. The molecule has 2 unspecified atom stereocenters. The van der Waals surface area contributed by atoms with Crippen LogP contribution in [0.2, 0.25) is 0 Å². The van der Waals surface area contributed by atoms with E-state index in [2.05, 4.69) is 11.6 Å². The second-order valence-corrected chi connectivity index (χ2v) is 12.3. The van der Waals surface area contributed by atoms with Crippen molar-refractivity contribution in [3.63, 3.8) is 0 Å². The number of hydroxylamine groups is 2. The van der Waals surface area contributed by atoms with Crippen LogP contribution >= 0.6 is 11.6 Å². The topological polar surface area (TPSA) is 118 Å². The smallest absolute Gasteiger partial charge is 0.255 e. The predicted octanol–water partition coefficient (Wildman–Crippen LogP) is 5.50. The van der Waals surface area contributed by atoms with Gasteiger partial charge < -0.3 is 29.7 Å². The third kappa shape index (κ3) is 7.65.